The molecule has 0 aromatic heterocycles. The van der Waals surface area contributed by atoms with Crippen LogP contribution in [-0.4, -0.2) is 37.2 Å². The molecule has 4 aromatic rings. The zero-order chi connectivity index (χ0) is 26.9. The van der Waals surface area contributed by atoms with E-state index in [4.69, 9.17) is 9.84 Å². The van der Waals surface area contributed by atoms with E-state index in [-0.39, 0.29) is 18.4 Å². The number of unbranched alkanes of at least 4 members (excludes halogenated alkanes) is 1. The minimum Gasteiger partial charge on any atom is -0.491 e. The van der Waals surface area contributed by atoms with Crippen LogP contribution in [0.25, 0.3) is 11.1 Å². The van der Waals surface area contributed by atoms with Crippen LogP contribution in [0, 0.1) is 6.92 Å². The summed E-state index contributed by atoms with van der Waals surface area (Å²) in [5.41, 5.74) is 5.31. The van der Waals surface area contributed by atoms with Gasteiger partial charge in [-0.25, -0.2) is 0 Å². The SMILES string of the molecule is Cc1ccc(-c2ccccc2C(=O)Nc2ccc(C(=O)N(C)c3ccccc3OCCCCO)cc2)cc1. The van der Waals surface area contributed by atoms with Crippen molar-refractivity contribution in [1.82, 2.24) is 0 Å². The maximum Gasteiger partial charge on any atom is 0.258 e. The second-order valence-corrected chi connectivity index (χ2v) is 9.05. The molecule has 0 unspecified atom stereocenters. The van der Waals surface area contributed by atoms with Crippen LogP contribution >= 0.6 is 0 Å². The molecular formula is C32H32N2O4. The van der Waals surface area contributed by atoms with E-state index < -0.39 is 0 Å². The van der Waals surface area contributed by atoms with Gasteiger partial charge in [-0.2, -0.15) is 0 Å². The molecule has 194 valence electrons. The van der Waals surface area contributed by atoms with Crippen LogP contribution < -0.4 is 15.0 Å². The highest BCUT2D eigenvalue weighted by atomic mass is 16.5. The fraction of sp³-hybridized carbons (Fsp3) is 0.188. The number of rotatable bonds is 10. The van der Waals surface area contributed by atoms with Crippen molar-refractivity contribution in [3.05, 3.63) is 114 Å². The number of aryl methyl sites for hydroxylation is 1. The quantitative estimate of drug-likeness (QED) is 0.245. The van der Waals surface area contributed by atoms with Crippen molar-refractivity contribution in [2.45, 2.75) is 19.8 Å². The number of aliphatic hydroxyl groups excluding tert-OH is 1. The summed E-state index contributed by atoms with van der Waals surface area (Å²) in [6, 6.07) is 29.8. The molecule has 0 radical (unpaired) electrons. The summed E-state index contributed by atoms with van der Waals surface area (Å²) in [6.45, 7) is 2.61. The second kappa shape index (κ2) is 12.7. The first kappa shape index (κ1) is 26.6. The second-order valence-electron chi connectivity index (χ2n) is 9.05. The van der Waals surface area contributed by atoms with Crippen LogP contribution in [0.5, 0.6) is 5.75 Å². The van der Waals surface area contributed by atoms with Gasteiger partial charge in [0, 0.05) is 30.5 Å². The maximum atomic E-state index is 13.2. The van der Waals surface area contributed by atoms with Gasteiger partial charge in [-0.3, -0.25) is 9.59 Å². The topological polar surface area (TPSA) is 78.9 Å². The van der Waals surface area contributed by atoms with Gasteiger partial charge in [-0.1, -0.05) is 60.2 Å². The number of anilines is 2. The Morgan fingerprint density at radius 1 is 0.842 bits per heavy atom. The van der Waals surface area contributed by atoms with Crippen molar-refractivity contribution < 1.29 is 19.4 Å². The largest absolute Gasteiger partial charge is 0.491 e. The van der Waals surface area contributed by atoms with E-state index in [1.807, 2.05) is 73.7 Å². The minimum absolute atomic E-state index is 0.124. The number of carbonyl (C=O) groups excluding carboxylic acids is 2. The van der Waals surface area contributed by atoms with Gasteiger partial charge < -0.3 is 20.1 Å². The first-order valence-electron chi connectivity index (χ1n) is 12.7. The fourth-order valence-electron chi connectivity index (χ4n) is 4.12. The molecule has 0 atom stereocenters. The zero-order valence-electron chi connectivity index (χ0n) is 21.7. The Morgan fingerprint density at radius 2 is 1.53 bits per heavy atom. The van der Waals surface area contributed by atoms with E-state index in [1.165, 1.54) is 0 Å². The number of carbonyl (C=O) groups is 2. The van der Waals surface area contributed by atoms with Crippen LogP contribution in [0.4, 0.5) is 11.4 Å². The van der Waals surface area contributed by atoms with E-state index in [0.717, 1.165) is 23.1 Å². The Labute approximate surface area is 223 Å². The molecule has 6 heteroatoms. The van der Waals surface area contributed by atoms with Crippen LogP contribution in [0.3, 0.4) is 0 Å². The highest BCUT2D eigenvalue weighted by Crippen LogP contribution is 2.29. The van der Waals surface area contributed by atoms with Crippen molar-refractivity contribution in [3.8, 4) is 16.9 Å². The average Bonchev–Trinajstić information content (AvgIpc) is 2.95. The van der Waals surface area contributed by atoms with Gasteiger partial charge in [0.2, 0.25) is 0 Å². The molecule has 4 aromatic carbocycles. The summed E-state index contributed by atoms with van der Waals surface area (Å²) in [7, 11) is 1.70. The molecule has 0 aliphatic carbocycles. The van der Waals surface area contributed by atoms with Gasteiger partial charge in [0.1, 0.15) is 5.75 Å². The molecule has 0 aliphatic heterocycles. The first-order chi connectivity index (χ1) is 18.5. The molecule has 0 saturated heterocycles. The summed E-state index contributed by atoms with van der Waals surface area (Å²) < 4.78 is 5.85. The van der Waals surface area contributed by atoms with Gasteiger partial charge >= 0.3 is 0 Å². The van der Waals surface area contributed by atoms with E-state index in [1.54, 1.807) is 42.3 Å². The molecule has 0 bridgehead atoms. The molecule has 0 aliphatic rings. The van der Waals surface area contributed by atoms with Gasteiger partial charge in [0.15, 0.2) is 0 Å². The van der Waals surface area contributed by atoms with E-state index in [2.05, 4.69) is 5.32 Å². The monoisotopic (exact) mass is 508 g/mol. The number of benzene rings is 4. The highest BCUT2D eigenvalue weighted by Gasteiger charge is 2.18. The number of aliphatic hydroxyl groups is 1. The van der Waals surface area contributed by atoms with Crippen molar-refractivity contribution in [2.75, 3.05) is 30.5 Å². The molecule has 0 spiro atoms. The highest BCUT2D eigenvalue weighted by molar-refractivity contribution is 6.09. The molecule has 2 N–H and O–H groups in total. The predicted molar refractivity (Wildman–Crippen MR) is 152 cm³/mol. The standard InChI is InChI=1S/C32H32N2O4/c1-23-13-15-24(16-14-23)27-9-3-4-10-28(27)31(36)33-26-19-17-25(18-20-26)32(37)34(2)29-11-5-6-12-30(29)38-22-8-7-21-35/h3-6,9-20,35H,7-8,21-22H2,1-2H3,(H,33,36). The third kappa shape index (κ3) is 6.47. The molecule has 0 heterocycles. The number of ether oxygens (including phenoxy) is 1. The number of nitrogens with zero attached hydrogens (tertiary/aromatic N) is 1. The van der Waals surface area contributed by atoms with Crippen LogP contribution in [0.2, 0.25) is 0 Å². The van der Waals surface area contributed by atoms with Gasteiger partial charge in [-0.05, 0) is 73.4 Å². The van der Waals surface area contributed by atoms with E-state index >= 15 is 0 Å². The van der Waals surface area contributed by atoms with Crippen molar-refractivity contribution >= 4 is 23.2 Å². The van der Waals surface area contributed by atoms with Crippen molar-refractivity contribution in [2.24, 2.45) is 0 Å². The average molecular weight is 509 g/mol. The van der Waals surface area contributed by atoms with Gasteiger partial charge in [0.25, 0.3) is 11.8 Å². The third-order valence-electron chi connectivity index (χ3n) is 6.27. The Hall–Kier alpha value is -4.42. The fourth-order valence-corrected chi connectivity index (χ4v) is 4.12. The number of hydrogen-bond donors (Lipinski definition) is 2. The molecule has 4 rings (SSSR count). The number of nitrogens with one attached hydrogen (secondary N) is 1. The lowest BCUT2D eigenvalue weighted by atomic mass is 9.98. The smallest absolute Gasteiger partial charge is 0.258 e. The van der Waals surface area contributed by atoms with Gasteiger partial charge in [0.05, 0.1) is 12.3 Å². The minimum atomic E-state index is -0.218. The van der Waals surface area contributed by atoms with Crippen LogP contribution in [0.15, 0.2) is 97.1 Å². The first-order valence-corrected chi connectivity index (χ1v) is 12.7. The van der Waals surface area contributed by atoms with Crippen molar-refractivity contribution in [1.29, 1.82) is 0 Å². The van der Waals surface area contributed by atoms with E-state index in [0.29, 0.717) is 41.3 Å². The molecule has 38 heavy (non-hydrogen) atoms. The Balaban J connectivity index is 1.45. The summed E-state index contributed by atoms with van der Waals surface area (Å²) in [6.07, 6.45) is 1.39. The maximum absolute atomic E-state index is 13.2. The normalized spacial score (nSPS) is 10.6. The summed E-state index contributed by atoms with van der Waals surface area (Å²) in [5, 5.41) is 11.9. The Morgan fingerprint density at radius 3 is 2.26 bits per heavy atom. The number of amides is 2. The van der Waals surface area contributed by atoms with E-state index in [9.17, 15) is 9.59 Å². The summed E-state index contributed by atoms with van der Waals surface area (Å²) in [5.74, 6) is 0.195. The predicted octanol–water partition coefficient (Wildman–Crippen LogP) is 6.34. The van der Waals surface area contributed by atoms with Crippen LogP contribution in [0.1, 0.15) is 39.1 Å². The molecule has 2 amide bonds. The molecule has 0 fully saturated rings. The summed E-state index contributed by atoms with van der Waals surface area (Å²) in [4.78, 5) is 27.9. The zero-order valence-corrected chi connectivity index (χ0v) is 21.7. The number of para-hydroxylation sites is 2. The lowest BCUT2D eigenvalue weighted by molar-refractivity contribution is 0.0990. The summed E-state index contributed by atoms with van der Waals surface area (Å²) >= 11 is 0. The van der Waals surface area contributed by atoms with Gasteiger partial charge in [-0.15, -0.1) is 0 Å². The lowest BCUT2D eigenvalue weighted by Gasteiger charge is -2.21. The molecular weight excluding hydrogens is 476 g/mol. The molecule has 0 saturated carbocycles. The number of hydrogen-bond acceptors (Lipinski definition) is 4. The van der Waals surface area contributed by atoms with Crippen molar-refractivity contribution in [3.63, 3.8) is 0 Å². The lowest BCUT2D eigenvalue weighted by Crippen LogP contribution is -2.26. The van der Waals surface area contributed by atoms with Crippen LogP contribution in [-0.2, 0) is 0 Å². The Bertz CT molecular complexity index is 1380. The third-order valence-corrected chi connectivity index (χ3v) is 6.27. The Kier molecular flexibility index (Phi) is 8.90. The molecule has 6 nitrogen and oxygen atoms in total.